The molecule has 0 spiro atoms. The van der Waals surface area contributed by atoms with Crippen molar-refractivity contribution >= 4 is 22.2 Å². The number of anilines is 1. The molecule has 0 saturated carbocycles. The van der Waals surface area contributed by atoms with Gasteiger partial charge in [-0.2, -0.15) is 0 Å². The Hall–Kier alpha value is -3.02. The highest BCUT2D eigenvalue weighted by Gasteiger charge is 2.03. The van der Waals surface area contributed by atoms with Gasteiger partial charge in [-0.15, -0.1) is 14.8 Å². The third-order valence-corrected chi connectivity index (χ3v) is 3.41. The number of benzene rings is 2. The first-order valence-electron chi connectivity index (χ1n) is 6.66. The molecule has 2 aromatic carbocycles. The molecule has 0 radical (unpaired) electrons. The summed E-state index contributed by atoms with van der Waals surface area (Å²) in [5, 5.41) is 21.3. The minimum absolute atomic E-state index is 0.630. The minimum atomic E-state index is 0.630. The van der Waals surface area contributed by atoms with Crippen LogP contribution in [0.3, 0.4) is 0 Å². The number of hydrogen-bond donors (Lipinski definition) is 1. The monoisotopic (exact) mass is 276 g/mol. The van der Waals surface area contributed by atoms with Crippen LogP contribution >= 0.6 is 0 Å². The van der Waals surface area contributed by atoms with E-state index in [0.29, 0.717) is 12.2 Å². The Morgan fingerprint density at radius 2 is 1.86 bits per heavy atom. The highest BCUT2D eigenvalue weighted by Crippen LogP contribution is 2.19. The van der Waals surface area contributed by atoms with E-state index in [2.05, 4.69) is 62.3 Å². The lowest BCUT2D eigenvalue weighted by atomic mass is 10.0. The Bertz CT molecular complexity index is 909. The number of hydrogen-bond acceptors (Lipinski definition) is 5. The molecule has 0 saturated heterocycles. The fourth-order valence-electron chi connectivity index (χ4n) is 2.38. The van der Waals surface area contributed by atoms with Gasteiger partial charge in [0, 0.05) is 6.54 Å². The normalized spacial score (nSPS) is 11.0. The third kappa shape index (κ3) is 2.16. The zero-order valence-corrected chi connectivity index (χ0v) is 11.1. The highest BCUT2D eigenvalue weighted by molar-refractivity contribution is 5.85. The number of rotatable bonds is 3. The van der Waals surface area contributed by atoms with Gasteiger partial charge < -0.3 is 5.32 Å². The number of aromatic nitrogens is 5. The molecule has 0 aliphatic heterocycles. The molecule has 0 atom stereocenters. The highest BCUT2D eigenvalue weighted by atomic mass is 15.6. The Labute approximate surface area is 120 Å². The second-order valence-electron chi connectivity index (χ2n) is 4.74. The van der Waals surface area contributed by atoms with E-state index < -0.39 is 0 Å². The molecule has 0 fully saturated rings. The molecule has 4 rings (SSSR count). The Balaban J connectivity index is 1.63. The summed E-state index contributed by atoms with van der Waals surface area (Å²) in [5.74, 6) is 0.739. The first-order chi connectivity index (χ1) is 10.4. The molecule has 6 heteroatoms. The third-order valence-electron chi connectivity index (χ3n) is 3.41. The van der Waals surface area contributed by atoms with Gasteiger partial charge >= 0.3 is 0 Å². The van der Waals surface area contributed by atoms with Crippen LogP contribution in [0.4, 0.5) is 5.82 Å². The fourth-order valence-corrected chi connectivity index (χ4v) is 2.38. The van der Waals surface area contributed by atoms with Gasteiger partial charge in [0.2, 0.25) is 0 Å². The topological polar surface area (TPSA) is 68.0 Å². The van der Waals surface area contributed by atoms with Crippen molar-refractivity contribution in [2.75, 3.05) is 5.32 Å². The summed E-state index contributed by atoms with van der Waals surface area (Å²) < 4.78 is 1.41. The molecule has 0 unspecified atom stereocenters. The van der Waals surface area contributed by atoms with Crippen molar-refractivity contribution in [1.29, 1.82) is 0 Å². The Kier molecular flexibility index (Phi) is 2.71. The quantitative estimate of drug-likeness (QED) is 0.621. The molecule has 102 valence electrons. The molecule has 0 aliphatic carbocycles. The SMILES string of the molecule is c1ccc2c(CNc3ccc4nnnn4n3)cccc2c1. The van der Waals surface area contributed by atoms with Crippen LogP contribution in [0.1, 0.15) is 5.56 Å². The van der Waals surface area contributed by atoms with E-state index in [0.717, 1.165) is 5.82 Å². The molecular formula is C15H12N6. The van der Waals surface area contributed by atoms with Crippen LogP contribution in [0.2, 0.25) is 0 Å². The van der Waals surface area contributed by atoms with Gasteiger partial charge in [0.05, 0.1) is 0 Å². The maximum Gasteiger partial charge on any atom is 0.200 e. The molecular weight excluding hydrogens is 264 g/mol. The van der Waals surface area contributed by atoms with Crippen LogP contribution in [0.25, 0.3) is 16.4 Å². The van der Waals surface area contributed by atoms with Crippen LogP contribution in [0.5, 0.6) is 0 Å². The average molecular weight is 276 g/mol. The summed E-state index contributed by atoms with van der Waals surface area (Å²) in [7, 11) is 0. The summed E-state index contributed by atoms with van der Waals surface area (Å²) in [4.78, 5) is 0. The minimum Gasteiger partial charge on any atom is -0.364 e. The van der Waals surface area contributed by atoms with Crippen LogP contribution in [-0.2, 0) is 6.54 Å². The predicted molar refractivity (Wildman–Crippen MR) is 79.9 cm³/mol. The lowest BCUT2D eigenvalue weighted by molar-refractivity contribution is 0.734. The number of fused-ring (bicyclic) bond motifs is 2. The van der Waals surface area contributed by atoms with Gasteiger partial charge in [-0.05, 0) is 38.9 Å². The van der Waals surface area contributed by atoms with Crippen molar-refractivity contribution in [1.82, 2.24) is 25.3 Å². The summed E-state index contributed by atoms with van der Waals surface area (Å²) in [5.41, 5.74) is 1.86. The summed E-state index contributed by atoms with van der Waals surface area (Å²) in [6.07, 6.45) is 0. The molecule has 4 aromatic rings. The maximum absolute atomic E-state index is 4.30. The zero-order valence-electron chi connectivity index (χ0n) is 11.1. The maximum atomic E-state index is 4.30. The summed E-state index contributed by atoms with van der Waals surface area (Å²) in [6, 6.07) is 18.3. The van der Waals surface area contributed by atoms with Crippen molar-refractivity contribution in [3.8, 4) is 0 Å². The van der Waals surface area contributed by atoms with E-state index >= 15 is 0 Å². The van der Waals surface area contributed by atoms with Crippen molar-refractivity contribution in [3.05, 3.63) is 60.2 Å². The number of nitrogens with zero attached hydrogens (tertiary/aromatic N) is 5. The summed E-state index contributed by atoms with van der Waals surface area (Å²) in [6.45, 7) is 0.696. The van der Waals surface area contributed by atoms with E-state index in [1.54, 1.807) is 0 Å². The average Bonchev–Trinajstić information content (AvgIpc) is 3.00. The van der Waals surface area contributed by atoms with Gasteiger partial charge in [0.25, 0.3) is 0 Å². The van der Waals surface area contributed by atoms with Gasteiger partial charge in [0.1, 0.15) is 5.82 Å². The van der Waals surface area contributed by atoms with E-state index in [4.69, 9.17) is 0 Å². The van der Waals surface area contributed by atoms with Gasteiger partial charge in [-0.3, -0.25) is 0 Å². The molecule has 0 amide bonds. The number of tetrazole rings is 1. The van der Waals surface area contributed by atoms with Gasteiger partial charge in [0.15, 0.2) is 5.65 Å². The largest absolute Gasteiger partial charge is 0.364 e. The predicted octanol–water partition coefficient (Wildman–Crippen LogP) is 2.28. The number of nitrogens with one attached hydrogen (secondary N) is 1. The van der Waals surface area contributed by atoms with Crippen molar-refractivity contribution in [2.45, 2.75) is 6.54 Å². The standard InChI is InChI=1S/C15H12N6/c1-2-7-13-11(4-1)5-3-6-12(13)10-16-14-8-9-15-17-19-20-21(15)18-14/h1-9H,10H2,(H,16,18). The Morgan fingerprint density at radius 1 is 0.952 bits per heavy atom. The fraction of sp³-hybridized carbons (Fsp3) is 0.0667. The molecule has 0 bridgehead atoms. The second kappa shape index (κ2) is 4.82. The van der Waals surface area contributed by atoms with Crippen molar-refractivity contribution < 1.29 is 0 Å². The zero-order chi connectivity index (χ0) is 14.1. The second-order valence-corrected chi connectivity index (χ2v) is 4.74. The van der Waals surface area contributed by atoms with E-state index in [9.17, 15) is 0 Å². The van der Waals surface area contributed by atoms with Crippen LogP contribution in [0, 0.1) is 0 Å². The molecule has 1 N–H and O–H groups in total. The molecule has 2 heterocycles. The smallest absolute Gasteiger partial charge is 0.200 e. The first-order valence-corrected chi connectivity index (χ1v) is 6.66. The lowest BCUT2D eigenvalue weighted by Crippen LogP contribution is -2.05. The molecule has 0 aliphatic rings. The van der Waals surface area contributed by atoms with Crippen molar-refractivity contribution in [3.63, 3.8) is 0 Å². The van der Waals surface area contributed by atoms with Gasteiger partial charge in [-0.1, -0.05) is 42.5 Å². The van der Waals surface area contributed by atoms with Crippen LogP contribution < -0.4 is 5.32 Å². The lowest BCUT2D eigenvalue weighted by Gasteiger charge is -2.08. The Morgan fingerprint density at radius 3 is 2.86 bits per heavy atom. The first kappa shape index (κ1) is 11.8. The van der Waals surface area contributed by atoms with E-state index in [1.807, 2.05) is 18.2 Å². The molecule has 6 nitrogen and oxygen atoms in total. The van der Waals surface area contributed by atoms with Gasteiger partial charge in [-0.25, -0.2) is 0 Å². The van der Waals surface area contributed by atoms with Crippen LogP contribution in [0.15, 0.2) is 54.6 Å². The van der Waals surface area contributed by atoms with E-state index in [-0.39, 0.29) is 0 Å². The van der Waals surface area contributed by atoms with E-state index in [1.165, 1.54) is 21.0 Å². The van der Waals surface area contributed by atoms with Crippen molar-refractivity contribution in [2.24, 2.45) is 0 Å². The molecule has 2 aromatic heterocycles. The molecule has 21 heavy (non-hydrogen) atoms. The summed E-state index contributed by atoms with van der Waals surface area (Å²) >= 11 is 0. The van der Waals surface area contributed by atoms with Crippen LogP contribution in [-0.4, -0.2) is 25.3 Å².